The van der Waals surface area contributed by atoms with Crippen LogP contribution in [-0.2, 0) is 0 Å². The van der Waals surface area contributed by atoms with Gasteiger partial charge in [-0.25, -0.2) is 0 Å². The molecule has 0 radical (unpaired) electrons. The molecular formula is C16H21N3O3. The Bertz CT molecular complexity index is 577. The highest BCUT2D eigenvalue weighted by Gasteiger charge is 2.41. The highest BCUT2D eigenvalue weighted by Crippen LogP contribution is 2.40. The van der Waals surface area contributed by atoms with Gasteiger partial charge in [-0.2, -0.15) is 0 Å². The van der Waals surface area contributed by atoms with E-state index in [9.17, 15) is 14.9 Å². The SMILES string of the molecule is CN1CCC2(CC1)CCN(C(=O)c1ccc([N+](=O)[O-])cc1)C2. The lowest BCUT2D eigenvalue weighted by atomic mass is 9.78. The van der Waals surface area contributed by atoms with E-state index in [0.29, 0.717) is 5.56 Å². The maximum Gasteiger partial charge on any atom is 0.269 e. The topological polar surface area (TPSA) is 66.7 Å². The van der Waals surface area contributed by atoms with Crippen LogP contribution in [0.4, 0.5) is 5.69 Å². The standard InChI is InChI=1S/C16H21N3O3/c1-17-9-6-16(7-10-17)8-11-18(12-16)15(20)13-2-4-14(5-3-13)19(21)22/h2-5H,6-12H2,1H3. The molecule has 118 valence electrons. The summed E-state index contributed by atoms with van der Waals surface area (Å²) in [6.45, 7) is 3.80. The molecule has 2 aliphatic heterocycles. The number of nitrogens with zero attached hydrogens (tertiary/aromatic N) is 3. The van der Waals surface area contributed by atoms with Crippen LogP contribution in [-0.4, -0.2) is 53.9 Å². The lowest BCUT2D eigenvalue weighted by molar-refractivity contribution is -0.384. The summed E-state index contributed by atoms with van der Waals surface area (Å²) in [5.74, 6) is -0.00861. The second-order valence-corrected chi connectivity index (χ2v) is 6.58. The number of hydrogen-bond acceptors (Lipinski definition) is 4. The average molecular weight is 303 g/mol. The first-order valence-electron chi connectivity index (χ1n) is 7.71. The number of non-ortho nitro benzene ring substituents is 1. The number of amides is 1. The third kappa shape index (κ3) is 2.83. The van der Waals surface area contributed by atoms with Crippen LogP contribution in [0.1, 0.15) is 29.6 Å². The van der Waals surface area contributed by atoms with Gasteiger partial charge in [-0.15, -0.1) is 0 Å². The summed E-state index contributed by atoms with van der Waals surface area (Å²) in [5.41, 5.74) is 0.837. The summed E-state index contributed by atoms with van der Waals surface area (Å²) in [6.07, 6.45) is 3.36. The predicted molar refractivity (Wildman–Crippen MR) is 82.8 cm³/mol. The minimum atomic E-state index is -0.447. The number of carbonyl (C=O) groups excluding carboxylic acids is 1. The van der Waals surface area contributed by atoms with Crippen LogP contribution in [0.5, 0.6) is 0 Å². The van der Waals surface area contributed by atoms with Crippen molar-refractivity contribution in [3.63, 3.8) is 0 Å². The Balaban J connectivity index is 1.67. The summed E-state index contributed by atoms with van der Waals surface area (Å²) in [5, 5.41) is 10.7. The Kier molecular flexibility index (Phi) is 3.87. The Morgan fingerprint density at radius 3 is 2.32 bits per heavy atom. The molecule has 3 rings (SSSR count). The minimum absolute atomic E-state index is 0.00861. The molecule has 6 heteroatoms. The molecule has 6 nitrogen and oxygen atoms in total. The van der Waals surface area contributed by atoms with Gasteiger partial charge in [0.2, 0.25) is 0 Å². The van der Waals surface area contributed by atoms with E-state index in [1.165, 1.54) is 12.1 Å². The Hall–Kier alpha value is -1.95. The van der Waals surface area contributed by atoms with E-state index in [1.807, 2.05) is 4.90 Å². The fraction of sp³-hybridized carbons (Fsp3) is 0.562. The fourth-order valence-corrected chi connectivity index (χ4v) is 3.52. The molecule has 0 aromatic heterocycles. The van der Waals surface area contributed by atoms with Gasteiger partial charge >= 0.3 is 0 Å². The average Bonchev–Trinajstić information content (AvgIpc) is 2.94. The number of nitro groups is 1. The molecule has 22 heavy (non-hydrogen) atoms. The predicted octanol–water partition coefficient (Wildman–Crippen LogP) is 2.15. The number of hydrogen-bond donors (Lipinski definition) is 0. The first kappa shape index (κ1) is 15.0. The first-order valence-corrected chi connectivity index (χ1v) is 7.71. The zero-order valence-electron chi connectivity index (χ0n) is 12.8. The Labute approximate surface area is 129 Å². The smallest absolute Gasteiger partial charge is 0.269 e. The van der Waals surface area contributed by atoms with Crippen molar-refractivity contribution in [2.75, 3.05) is 33.2 Å². The molecule has 0 aliphatic carbocycles. The van der Waals surface area contributed by atoms with Gasteiger partial charge in [-0.1, -0.05) is 0 Å². The molecule has 2 heterocycles. The molecule has 2 saturated heterocycles. The molecule has 0 unspecified atom stereocenters. The molecule has 1 aromatic rings. The molecular weight excluding hydrogens is 282 g/mol. The monoisotopic (exact) mass is 303 g/mol. The second-order valence-electron chi connectivity index (χ2n) is 6.58. The van der Waals surface area contributed by atoms with Gasteiger partial charge in [0, 0.05) is 30.8 Å². The maximum atomic E-state index is 12.6. The quantitative estimate of drug-likeness (QED) is 0.620. The van der Waals surface area contributed by atoms with Crippen molar-refractivity contribution in [1.29, 1.82) is 0 Å². The van der Waals surface area contributed by atoms with E-state index in [1.54, 1.807) is 12.1 Å². The summed E-state index contributed by atoms with van der Waals surface area (Å²) >= 11 is 0. The Morgan fingerprint density at radius 2 is 1.73 bits per heavy atom. The number of carbonyl (C=O) groups is 1. The second kappa shape index (κ2) is 5.68. The lowest BCUT2D eigenvalue weighted by Gasteiger charge is -2.37. The lowest BCUT2D eigenvalue weighted by Crippen LogP contribution is -2.40. The summed E-state index contributed by atoms with van der Waals surface area (Å²) in [7, 11) is 2.14. The third-order valence-electron chi connectivity index (χ3n) is 5.10. The molecule has 1 spiro atoms. The van der Waals surface area contributed by atoms with Crippen LogP contribution in [0.2, 0.25) is 0 Å². The van der Waals surface area contributed by atoms with E-state index < -0.39 is 4.92 Å². The normalized spacial score (nSPS) is 21.2. The summed E-state index contributed by atoms with van der Waals surface area (Å²) in [4.78, 5) is 27.0. The van der Waals surface area contributed by atoms with E-state index >= 15 is 0 Å². The van der Waals surface area contributed by atoms with Gasteiger partial charge in [0.05, 0.1) is 4.92 Å². The molecule has 0 saturated carbocycles. The van der Waals surface area contributed by atoms with E-state index in [-0.39, 0.29) is 17.0 Å². The minimum Gasteiger partial charge on any atom is -0.338 e. The third-order valence-corrected chi connectivity index (χ3v) is 5.10. The Morgan fingerprint density at radius 1 is 1.14 bits per heavy atom. The van der Waals surface area contributed by atoms with E-state index in [0.717, 1.165) is 45.4 Å². The number of benzene rings is 1. The molecule has 1 aromatic carbocycles. The zero-order chi connectivity index (χ0) is 15.7. The summed E-state index contributed by atoms with van der Waals surface area (Å²) in [6, 6.07) is 5.91. The molecule has 2 fully saturated rings. The van der Waals surface area contributed by atoms with Gasteiger partial charge in [-0.3, -0.25) is 14.9 Å². The van der Waals surface area contributed by atoms with Gasteiger partial charge in [0.1, 0.15) is 0 Å². The molecule has 0 N–H and O–H groups in total. The van der Waals surface area contributed by atoms with Gasteiger partial charge in [0.15, 0.2) is 0 Å². The van der Waals surface area contributed by atoms with Gasteiger partial charge < -0.3 is 9.80 Å². The van der Waals surface area contributed by atoms with Crippen molar-refractivity contribution in [2.45, 2.75) is 19.3 Å². The van der Waals surface area contributed by atoms with Crippen molar-refractivity contribution < 1.29 is 9.72 Å². The van der Waals surface area contributed by atoms with Crippen molar-refractivity contribution in [3.05, 3.63) is 39.9 Å². The molecule has 2 aliphatic rings. The molecule has 0 atom stereocenters. The first-order chi connectivity index (χ1) is 10.5. The van der Waals surface area contributed by atoms with Crippen LogP contribution < -0.4 is 0 Å². The van der Waals surface area contributed by atoms with Gasteiger partial charge in [-0.05, 0) is 56.9 Å². The van der Waals surface area contributed by atoms with Crippen LogP contribution in [0.25, 0.3) is 0 Å². The molecule has 1 amide bonds. The van der Waals surface area contributed by atoms with Crippen LogP contribution in [0, 0.1) is 15.5 Å². The van der Waals surface area contributed by atoms with E-state index in [2.05, 4.69) is 11.9 Å². The molecule has 0 bridgehead atoms. The van der Waals surface area contributed by atoms with Crippen molar-refractivity contribution >= 4 is 11.6 Å². The number of nitro benzene ring substituents is 1. The van der Waals surface area contributed by atoms with Gasteiger partial charge in [0.25, 0.3) is 11.6 Å². The largest absolute Gasteiger partial charge is 0.338 e. The zero-order valence-corrected chi connectivity index (χ0v) is 12.8. The van der Waals surface area contributed by atoms with Crippen molar-refractivity contribution in [1.82, 2.24) is 9.80 Å². The number of rotatable bonds is 2. The summed E-state index contributed by atoms with van der Waals surface area (Å²) < 4.78 is 0. The van der Waals surface area contributed by atoms with Crippen LogP contribution in [0.3, 0.4) is 0 Å². The number of likely N-dealkylation sites (tertiary alicyclic amines) is 2. The van der Waals surface area contributed by atoms with E-state index in [4.69, 9.17) is 0 Å². The maximum absolute atomic E-state index is 12.6. The number of piperidine rings is 1. The van der Waals surface area contributed by atoms with Crippen LogP contribution in [0.15, 0.2) is 24.3 Å². The fourth-order valence-electron chi connectivity index (χ4n) is 3.52. The van der Waals surface area contributed by atoms with Crippen molar-refractivity contribution in [3.8, 4) is 0 Å². The van der Waals surface area contributed by atoms with Crippen molar-refractivity contribution in [2.24, 2.45) is 5.41 Å². The van der Waals surface area contributed by atoms with Crippen LogP contribution >= 0.6 is 0 Å². The highest BCUT2D eigenvalue weighted by atomic mass is 16.6. The highest BCUT2D eigenvalue weighted by molar-refractivity contribution is 5.94.